The third-order valence-corrected chi connectivity index (χ3v) is 2.84. The number of hydrogen-bond acceptors (Lipinski definition) is 3. The van der Waals surface area contributed by atoms with Crippen molar-refractivity contribution in [1.82, 2.24) is 0 Å². The summed E-state index contributed by atoms with van der Waals surface area (Å²) in [5.74, 6) is 0.125. The molecule has 0 bridgehead atoms. The Morgan fingerprint density at radius 3 is 2.67 bits per heavy atom. The molecular formula is C15H10O3. The van der Waals surface area contributed by atoms with Crippen LogP contribution in [0.25, 0.3) is 22.1 Å². The molecule has 2 aromatic carbocycles. The van der Waals surface area contributed by atoms with Gasteiger partial charge in [-0.25, -0.2) is 0 Å². The molecule has 0 aliphatic carbocycles. The summed E-state index contributed by atoms with van der Waals surface area (Å²) in [7, 11) is 0. The lowest BCUT2D eigenvalue weighted by Gasteiger charge is -2.02. The van der Waals surface area contributed by atoms with Crippen LogP contribution in [0.1, 0.15) is 0 Å². The van der Waals surface area contributed by atoms with Gasteiger partial charge in [-0.2, -0.15) is 0 Å². The zero-order valence-electron chi connectivity index (χ0n) is 9.46. The predicted molar refractivity (Wildman–Crippen MR) is 69.6 cm³/mol. The molecule has 0 atom stereocenters. The maximum absolute atomic E-state index is 12.3. The average Bonchev–Trinajstić information content (AvgIpc) is 2.39. The highest BCUT2D eigenvalue weighted by molar-refractivity contribution is 5.81. The highest BCUT2D eigenvalue weighted by Gasteiger charge is 2.08. The third-order valence-electron chi connectivity index (χ3n) is 2.84. The summed E-state index contributed by atoms with van der Waals surface area (Å²) in [6, 6.07) is 13.7. The second-order valence-electron chi connectivity index (χ2n) is 4.02. The number of para-hydroxylation sites is 1. The van der Waals surface area contributed by atoms with E-state index in [1.807, 2.05) is 6.07 Å². The maximum Gasteiger partial charge on any atom is 0.200 e. The van der Waals surface area contributed by atoms with Crippen molar-refractivity contribution >= 4 is 11.0 Å². The van der Waals surface area contributed by atoms with Gasteiger partial charge in [-0.15, -0.1) is 0 Å². The Kier molecular flexibility index (Phi) is 2.38. The minimum absolute atomic E-state index is 0.0950. The maximum atomic E-state index is 12.3. The van der Waals surface area contributed by atoms with Crippen LogP contribution in [-0.2, 0) is 0 Å². The summed E-state index contributed by atoms with van der Waals surface area (Å²) in [6.45, 7) is 0. The molecule has 0 amide bonds. The molecule has 3 heteroatoms. The monoisotopic (exact) mass is 238 g/mol. The van der Waals surface area contributed by atoms with E-state index in [0.717, 1.165) is 0 Å². The third kappa shape index (κ3) is 1.66. The zero-order valence-corrected chi connectivity index (χ0v) is 9.46. The fourth-order valence-corrected chi connectivity index (χ4v) is 1.95. The molecule has 1 N–H and O–H groups in total. The van der Waals surface area contributed by atoms with Gasteiger partial charge in [0.05, 0.1) is 10.9 Å². The summed E-state index contributed by atoms with van der Waals surface area (Å²) >= 11 is 0. The smallest absolute Gasteiger partial charge is 0.200 e. The SMILES string of the molecule is O=c1c(-c2cccc(O)c2)coc2ccccc12. The molecule has 0 radical (unpaired) electrons. The van der Waals surface area contributed by atoms with E-state index in [1.54, 1.807) is 42.5 Å². The van der Waals surface area contributed by atoms with Gasteiger partial charge in [0.1, 0.15) is 17.6 Å². The number of phenols is 1. The summed E-state index contributed by atoms with van der Waals surface area (Å²) in [4.78, 5) is 12.3. The van der Waals surface area contributed by atoms with Gasteiger partial charge in [0.25, 0.3) is 0 Å². The Labute approximate surface area is 103 Å². The minimum Gasteiger partial charge on any atom is -0.508 e. The second kappa shape index (κ2) is 4.04. The van der Waals surface area contributed by atoms with Crippen LogP contribution in [0.5, 0.6) is 5.75 Å². The van der Waals surface area contributed by atoms with Crippen LogP contribution in [0.3, 0.4) is 0 Å². The first kappa shape index (κ1) is 10.6. The van der Waals surface area contributed by atoms with E-state index in [0.29, 0.717) is 22.1 Å². The van der Waals surface area contributed by atoms with Crippen molar-refractivity contribution in [3.8, 4) is 16.9 Å². The number of benzene rings is 2. The fraction of sp³-hybridized carbons (Fsp3) is 0. The fourth-order valence-electron chi connectivity index (χ4n) is 1.95. The number of hydrogen-bond donors (Lipinski definition) is 1. The van der Waals surface area contributed by atoms with E-state index in [4.69, 9.17) is 4.42 Å². The van der Waals surface area contributed by atoms with Crippen molar-refractivity contribution < 1.29 is 9.52 Å². The van der Waals surface area contributed by atoms with Crippen molar-refractivity contribution in [2.24, 2.45) is 0 Å². The van der Waals surface area contributed by atoms with Crippen LogP contribution in [0, 0.1) is 0 Å². The second-order valence-corrected chi connectivity index (χ2v) is 4.02. The molecule has 1 heterocycles. The first-order chi connectivity index (χ1) is 8.75. The highest BCUT2D eigenvalue weighted by atomic mass is 16.3. The Hall–Kier alpha value is -2.55. The molecule has 3 aromatic rings. The lowest BCUT2D eigenvalue weighted by molar-refractivity contribution is 0.475. The van der Waals surface area contributed by atoms with Gasteiger partial charge in [-0.05, 0) is 29.8 Å². The van der Waals surface area contributed by atoms with Crippen molar-refractivity contribution in [2.45, 2.75) is 0 Å². The molecule has 0 spiro atoms. The molecule has 0 aliphatic rings. The van der Waals surface area contributed by atoms with Crippen LogP contribution in [0.15, 0.2) is 64.0 Å². The highest BCUT2D eigenvalue weighted by Crippen LogP contribution is 2.22. The lowest BCUT2D eigenvalue weighted by atomic mass is 10.1. The molecule has 3 rings (SSSR count). The molecule has 18 heavy (non-hydrogen) atoms. The topological polar surface area (TPSA) is 50.4 Å². The van der Waals surface area contributed by atoms with Crippen molar-refractivity contribution in [3.05, 3.63) is 65.0 Å². The van der Waals surface area contributed by atoms with Crippen molar-refractivity contribution in [3.63, 3.8) is 0 Å². The molecule has 0 aliphatic heterocycles. The first-order valence-corrected chi connectivity index (χ1v) is 5.55. The first-order valence-electron chi connectivity index (χ1n) is 5.55. The summed E-state index contributed by atoms with van der Waals surface area (Å²) in [5, 5.41) is 9.99. The molecule has 1 aromatic heterocycles. The van der Waals surface area contributed by atoms with E-state index < -0.39 is 0 Å². The van der Waals surface area contributed by atoms with E-state index in [2.05, 4.69) is 0 Å². The van der Waals surface area contributed by atoms with Gasteiger partial charge in [0.15, 0.2) is 5.43 Å². The molecule has 0 saturated heterocycles. The number of fused-ring (bicyclic) bond motifs is 1. The quantitative estimate of drug-likeness (QED) is 0.708. The summed E-state index contributed by atoms with van der Waals surface area (Å²) < 4.78 is 5.44. The van der Waals surface area contributed by atoms with Crippen LogP contribution >= 0.6 is 0 Å². The average molecular weight is 238 g/mol. The van der Waals surface area contributed by atoms with Crippen molar-refractivity contribution in [1.29, 1.82) is 0 Å². The molecule has 0 saturated carbocycles. The van der Waals surface area contributed by atoms with Crippen LogP contribution in [0.2, 0.25) is 0 Å². The Balaban J connectivity index is 2.31. The van der Waals surface area contributed by atoms with Gasteiger partial charge in [0.2, 0.25) is 0 Å². The normalized spacial score (nSPS) is 10.7. The molecule has 3 nitrogen and oxygen atoms in total. The standard InChI is InChI=1S/C15H10O3/c16-11-5-3-4-10(8-11)13-9-18-14-7-2-1-6-12(14)15(13)17/h1-9,16H. The lowest BCUT2D eigenvalue weighted by Crippen LogP contribution is -2.04. The Morgan fingerprint density at radius 2 is 1.83 bits per heavy atom. The van der Waals surface area contributed by atoms with Gasteiger partial charge in [0, 0.05) is 0 Å². The predicted octanol–water partition coefficient (Wildman–Crippen LogP) is 3.17. The van der Waals surface area contributed by atoms with E-state index in [1.165, 1.54) is 6.26 Å². The van der Waals surface area contributed by atoms with Crippen LogP contribution in [-0.4, -0.2) is 5.11 Å². The molecule has 88 valence electrons. The van der Waals surface area contributed by atoms with Gasteiger partial charge < -0.3 is 9.52 Å². The summed E-state index contributed by atoms with van der Waals surface area (Å²) in [6.07, 6.45) is 1.43. The Bertz CT molecular complexity index is 772. The van der Waals surface area contributed by atoms with Crippen LogP contribution < -0.4 is 5.43 Å². The largest absolute Gasteiger partial charge is 0.508 e. The number of phenolic OH excluding ortho intramolecular Hbond substituents is 1. The van der Waals surface area contributed by atoms with Crippen molar-refractivity contribution in [2.75, 3.05) is 0 Å². The van der Waals surface area contributed by atoms with Gasteiger partial charge >= 0.3 is 0 Å². The Morgan fingerprint density at radius 1 is 1.00 bits per heavy atom. The number of aromatic hydroxyl groups is 1. The molecule has 0 unspecified atom stereocenters. The molecule has 0 fully saturated rings. The van der Waals surface area contributed by atoms with E-state index in [9.17, 15) is 9.90 Å². The number of rotatable bonds is 1. The van der Waals surface area contributed by atoms with Gasteiger partial charge in [-0.1, -0.05) is 24.3 Å². The van der Waals surface area contributed by atoms with E-state index in [-0.39, 0.29) is 11.2 Å². The van der Waals surface area contributed by atoms with Gasteiger partial charge in [-0.3, -0.25) is 4.79 Å². The summed E-state index contributed by atoms with van der Waals surface area (Å²) in [5.41, 5.74) is 1.56. The van der Waals surface area contributed by atoms with Crippen LogP contribution in [0.4, 0.5) is 0 Å². The van der Waals surface area contributed by atoms with E-state index >= 15 is 0 Å². The molecular weight excluding hydrogens is 228 g/mol. The zero-order chi connectivity index (χ0) is 12.5. The minimum atomic E-state index is -0.0950.